The fourth-order valence-corrected chi connectivity index (χ4v) is 2.26. The highest BCUT2D eigenvalue weighted by Gasteiger charge is 2.13. The average Bonchev–Trinajstić information content (AvgIpc) is 2.17. The van der Waals surface area contributed by atoms with E-state index in [4.69, 9.17) is 17.4 Å². The van der Waals surface area contributed by atoms with E-state index >= 15 is 0 Å². The lowest BCUT2D eigenvalue weighted by Crippen LogP contribution is -2.29. The first kappa shape index (κ1) is 13.4. The molecule has 1 rings (SSSR count). The number of benzene rings is 1. The van der Waals surface area contributed by atoms with Gasteiger partial charge in [-0.1, -0.05) is 23.7 Å². The smallest absolute Gasteiger partial charge is 0.147 e. The molecule has 1 aromatic rings. The summed E-state index contributed by atoms with van der Waals surface area (Å²) in [6, 6.07) is 7.00. The minimum absolute atomic E-state index is 0.0916. The minimum atomic E-state index is -2.98. The van der Waals surface area contributed by atoms with Gasteiger partial charge in [-0.05, 0) is 24.1 Å². The van der Waals surface area contributed by atoms with E-state index in [9.17, 15) is 8.42 Å². The number of halogens is 1. The van der Waals surface area contributed by atoms with Crippen LogP contribution in [0.1, 0.15) is 18.0 Å². The lowest BCUT2D eigenvalue weighted by Gasteiger charge is -2.15. The molecule has 0 saturated carbocycles. The molecule has 0 aromatic heterocycles. The second-order valence-corrected chi connectivity index (χ2v) is 6.39. The Labute approximate surface area is 101 Å². The first-order valence-corrected chi connectivity index (χ1v) is 7.25. The monoisotopic (exact) mass is 262 g/mol. The second-order valence-electron chi connectivity index (χ2n) is 3.69. The zero-order valence-electron chi connectivity index (χ0n) is 8.98. The summed E-state index contributed by atoms with van der Waals surface area (Å²) in [4.78, 5) is 0. The van der Waals surface area contributed by atoms with Crippen LogP contribution in [0.5, 0.6) is 0 Å². The summed E-state index contributed by atoms with van der Waals surface area (Å²) in [5, 5.41) is 0.608. The lowest BCUT2D eigenvalue weighted by atomic mass is 10.1. The predicted molar refractivity (Wildman–Crippen MR) is 65.8 cm³/mol. The van der Waals surface area contributed by atoms with Crippen LogP contribution < -0.4 is 11.3 Å². The van der Waals surface area contributed by atoms with Gasteiger partial charge in [-0.3, -0.25) is 11.3 Å². The molecule has 3 N–H and O–H groups in total. The van der Waals surface area contributed by atoms with Crippen LogP contribution in [0, 0.1) is 0 Å². The summed E-state index contributed by atoms with van der Waals surface area (Å²) in [6.45, 7) is 0. The van der Waals surface area contributed by atoms with Crippen LogP contribution in [-0.4, -0.2) is 20.4 Å². The molecule has 0 saturated heterocycles. The Hall–Kier alpha value is -0.620. The molecule has 1 atom stereocenters. The van der Waals surface area contributed by atoms with Crippen LogP contribution in [0.25, 0.3) is 0 Å². The third kappa shape index (κ3) is 4.49. The Morgan fingerprint density at radius 3 is 2.69 bits per heavy atom. The van der Waals surface area contributed by atoms with Crippen molar-refractivity contribution in [3.05, 3.63) is 34.9 Å². The molecule has 6 heteroatoms. The Morgan fingerprint density at radius 1 is 1.50 bits per heavy atom. The van der Waals surface area contributed by atoms with E-state index in [2.05, 4.69) is 5.43 Å². The fraction of sp³-hybridized carbons (Fsp3) is 0.400. The fourth-order valence-electron chi connectivity index (χ4n) is 1.40. The molecule has 4 nitrogen and oxygen atoms in total. The summed E-state index contributed by atoms with van der Waals surface area (Å²) < 4.78 is 22.1. The predicted octanol–water partition coefficient (Wildman–Crippen LogP) is 1.28. The largest absolute Gasteiger partial charge is 0.271 e. The first-order chi connectivity index (χ1) is 7.42. The maximum absolute atomic E-state index is 11.1. The highest BCUT2D eigenvalue weighted by atomic mass is 35.5. The molecule has 0 aliphatic carbocycles. The van der Waals surface area contributed by atoms with Gasteiger partial charge in [0.05, 0.1) is 5.75 Å². The molecule has 90 valence electrons. The topological polar surface area (TPSA) is 72.2 Å². The number of sulfone groups is 1. The molecule has 16 heavy (non-hydrogen) atoms. The Morgan fingerprint density at radius 2 is 2.19 bits per heavy atom. The van der Waals surface area contributed by atoms with Gasteiger partial charge in [-0.25, -0.2) is 8.42 Å². The van der Waals surface area contributed by atoms with Crippen molar-refractivity contribution >= 4 is 21.4 Å². The second kappa shape index (κ2) is 5.63. The lowest BCUT2D eigenvalue weighted by molar-refractivity contribution is 0.531. The number of rotatable bonds is 5. The van der Waals surface area contributed by atoms with E-state index in [1.807, 2.05) is 12.1 Å². The van der Waals surface area contributed by atoms with Gasteiger partial charge in [0, 0.05) is 17.3 Å². The highest BCUT2D eigenvalue weighted by molar-refractivity contribution is 7.90. The molecule has 0 aliphatic rings. The van der Waals surface area contributed by atoms with Gasteiger partial charge in [0.1, 0.15) is 9.84 Å². The van der Waals surface area contributed by atoms with Crippen molar-refractivity contribution in [1.82, 2.24) is 5.43 Å². The van der Waals surface area contributed by atoms with Crippen molar-refractivity contribution in [3.8, 4) is 0 Å². The Balaban J connectivity index is 2.75. The molecule has 0 radical (unpaired) electrons. The zero-order valence-corrected chi connectivity index (χ0v) is 10.6. The van der Waals surface area contributed by atoms with Gasteiger partial charge in [0.15, 0.2) is 0 Å². The van der Waals surface area contributed by atoms with Crippen molar-refractivity contribution in [2.75, 3.05) is 12.0 Å². The summed E-state index contributed by atoms with van der Waals surface area (Å²) in [5.41, 5.74) is 3.48. The van der Waals surface area contributed by atoms with Gasteiger partial charge >= 0.3 is 0 Å². The first-order valence-electron chi connectivity index (χ1n) is 4.81. The van der Waals surface area contributed by atoms with Crippen molar-refractivity contribution in [1.29, 1.82) is 0 Å². The molecule has 0 fully saturated rings. The summed E-state index contributed by atoms with van der Waals surface area (Å²) >= 11 is 5.85. The number of nitrogens with one attached hydrogen (secondary N) is 1. The summed E-state index contributed by atoms with van der Waals surface area (Å²) in [7, 11) is -2.98. The summed E-state index contributed by atoms with van der Waals surface area (Å²) in [5.74, 6) is 5.49. The zero-order chi connectivity index (χ0) is 12.2. The summed E-state index contributed by atoms with van der Waals surface area (Å²) in [6.07, 6.45) is 1.63. The molecule has 0 heterocycles. The van der Waals surface area contributed by atoms with Gasteiger partial charge in [0.2, 0.25) is 0 Å². The van der Waals surface area contributed by atoms with Crippen LogP contribution in [-0.2, 0) is 9.84 Å². The normalized spacial score (nSPS) is 13.7. The quantitative estimate of drug-likeness (QED) is 0.619. The maximum atomic E-state index is 11.1. The van der Waals surface area contributed by atoms with E-state index in [1.165, 1.54) is 6.26 Å². The van der Waals surface area contributed by atoms with Crippen molar-refractivity contribution in [2.45, 2.75) is 12.5 Å². The van der Waals surface area contributed by atoms with Crippen molar-refractivity contribution < 1.29 is 8.42 Å². The maximum Gasteiger partial charge on any atom is 0.147 e. The van der Waals surface area contributed by atoms with E-state index in [-0.39, 0.29) is 11.8 Å². The molecular weight excluding hydrogens is 248 g/mol. The molecule has 1 aromatic carbocycles. The van der Waals surface area contributed by atoms with Gasteiger partial charge in [0.25, 0.3) is 0 Å². The van der Waals surface area contributed by atoms with Crippen LogP contribution in [0.4, 0.5) is 0 Å². The van der Waals surface area contributed by atoms with E-state index in [0.717, 1.165) is 5.56 Å². The van der Waals surface area contributed by atoms with Gasteiger partial charge in [-0.15, -0.1) is 0 Å². The third-order valence-electron chi connectivity index (χ3n) is 2.23. The molecule has 1 unspecified atom stereocenters. The molecule has 0 amide bonds. The molecular formula is C10H15ClN2O2S. The van der Waals surface area contributed by atoms with Crippen molar-refractivity contribution in [2.24, 2.45) is 5.84 Å². The van der Waals surface area contributed by atoms with Crippen LogP contribution in [0.2, 0.25) is 5.02 Å². The van der Waals surface area contributed by atoms with Gasteiger partial charge < -0.3 is 0 Å². The van der Waals surface area contributed by atoms with E-state index in [0.29, 0.717) is 11.4 Å². The molecule has 0 spiro atoms. The van der Waals surface area contributed by atoms with Crippen molar-refractivity contribution in [3.63, 3.8) is 0 Å². The minimum Gasteiger partial charge on any atom is -0.271 e. The molecule has 0 bridgehead atoms. The average molecular weight is 263 g/mol. The third-order valence-corrected chi connectivity index (χ3v) is 3.44. The number of nitrogens with two attached hydrogens (primary N) is 1. The Kier molecular flexibility index (Phi) is 4.73. The Bertz CT molecular complexity index is 448. The highest BCUT2D eigenvalue weighted by Crippen LogP contribution is 2.20. The number of hydrogen-bond donors (Lipinski definition) is 2. The SMILES string of the molecule is CS(=O)(=O)CCC(NN)c1cccc(Cl)c1. The van der Waals surface area contributed by atoms with Crippen LogP contribution in [0.3, 0.4) is 0 Å². The number of hydrazine groups is 1. The molecule has 0 aliphatic heterocycles. The van der Waals surface area contributed by atoms with Gasteiger partial charge in [-0.2, -0.15) is 0 Å². The van der Waals surface area contributed by atoms with E-state index in [1.54, 1.807) is 12.1 Å². The van der Waals surface area contributed by atoms with E-state index < -0.39 is 9.84 Å². The van der Waals surface area contributed by atoms with Crippen LogP contribution >= 0.6 is 11.6 Å². The standard InChI is InChI=1S/C10H15ClN2O2S/c1-16(14,15)6-5-10(13-12)8-3-2-4-9(11)7-8/h2-4,7,10,13H,5-6,12H2,1H3. The number of hydrogen-bond acceptors (Lipinski definition) is 4. The van der Waals surface area contributed by atoms with Crippen LogP contribution in [0.15, 0.2) is 24.3 Å².